The van der Waals surface area contributed by atoms with Crippen molar-refractivity contribution in [2.75, 3.05) is 20.1 Å². The topological polar surface area (TPSA) is 58.5 Å². The molecule has 0 aliphatic carbocycles. The largest absolute Gasteiger partial charge is 0.507 e. The molecule has 0 spiro atoms. The highest BCUT2D eigenvalue weighted by Gasteiger charge is 2.21. The monoisotopic (exact) mass is 369 g/mol. The van der Waals surface area contributed by atoms with Crippen LogP contribution in [0, 0.1) is 0 Å². The Labute approximate surface area is 157 Å². The van der Waals surface area contributed by atoms with Crippen molar-refractivity contribution in [3.63, 3.8) is 0 Å². The van der Waals surface area contributed by atoms with Crippen LogP contribution in [0.2, 0.25) is 5.02 Å². The van der Waals surface area contributed by atoms with Crippen LogP contribution in [0.5, 0.6) is 11.6 Å². The zero-order valence-corrected chi connectivity index (χ0v) is 15.3. The van der Waals surface area contributed by atoms with Crippen molar-refractivity contribution in [3.8, 4) is 22.9 Å². The maximum absolute atomic E-state index is 10.3. The van der Waals surface area contributed by atoms with E-state index in [1.165, 1.54) is 6.07 Å². The second kappa shape index (κ2) is 7.09. The fourth-order valence-corrected chi connectivity index (χ4v) is 3.61. The summed E-state index contributed by atoms with van der Waals surface area (Å²) in [6.07, 6.45) is 2.24. The first-order valence-electron chi connectivity index (χ1n) is 8.71. The number of likely N-dealkylation sites (N-methyl/N-ethyl adjacent to an activating group) is 1. The summed E-state index contributed by atoms with van der Waals surface area (Å²) in [6.45, 7) is 1.98. The van der Waals surface area contributed by atoms with Crippen LogP contribution in [0.25, 0.3) is 22.0 Å². The van der Waals surface area contributed by atoms with Gasteiger partial charge in [0.05, 0.1) is 0 Å². The highest BCUT2D eigenvalue weighted by Crippen LogP contribution is 2.36. The molecule has 0 bridgehead atoms. The highest BCUT2D eigenvalue weighted by atomic mass is 35.5. The van der Waals surface area contributed by atoms with Crippen LogP contribution in [0.3, 0.4) is 0 Å². The van der Waals surface area contributed by atoms with E-state index >= 15 is 0 Å². The molecule has 4 rings (SSSR count). The summed E-state index contributed by atoms with van der Waals surface area (Å²) >= 11 is 5.95. The van der Waals surface area contributed by atoms with Gasteiger partial charge in [-0.15, -0.1) is 10.2 Å². The van der Waals surface area contributed by atoms with Gasteiger partial charge in [0.25, 0.3) is 0 Å². The fourth-order valence-electron chi connectivity index (χ4n) is 3.44. The summed E-state index contributed by atoms with van der Waals surface area (Å²) in [4.78, 5) is 2.27. The molecule has 1 fully saturated rings. The van der Waals surface area contributed by atoms with Crippen molar-refractivity contribution in [2.45, 2.75) is 18.9 Å². The Bertz CT molecular complexity index is 947. The van der Waals surface area contributed by atoms with Gasteiger partial charge in [0.15, 0.2) is 0 Å². The third-order valence-electron chi connectivity index (χ3n) is 4.73. The van der Waals surface area contributed by atoms with Gasteiger partial charge in [-0.25, -0.2) is 0 Å². The first-order chi connectivity index (χ1) is 12.6. The highest BCUT2D eigenvalue weighted by molar-refractivity contribution is 6.30. The number of benzene rings is 2. The van der Waals surface area contributed by atoms with E-state index in [2.05, 4.69) is 22.1 Å². The van der Waals surface area contributed by atoms with E-state index in [-0.39, 0.29) is 11.9 Å². The Morgan fingerprint density at radius 1 is 1.15 bits per heavy atom. The van der Waals surface area contributed by atoms with Gasteiger partial charge in [0.1, 0.15) is 17.5 Å². The van der Waals surface area contributed by atoms with E-state index in [0.717, 1.165) is 36.7 Å². The van der Waals surface area contributed by atoms with Crippen LogP contribution in [0.1, 0.15) is 12.8 Å². The number of phenolic OH excluding ortho intramolecular Hbond substituents is 1. The fraction of sp³-hybridized carbons (Fsp3) is 0.300. The molecule has 5 nitrogen and oxygen atoms in total. The van der Waals surface area contributed by atoms with Gasteiger partial charge in [0, 0.05) is 27.9 Å². The molecule has 1 aromatic heterocycles. The number of fused-ring (bicyclic) bond motifs is 1. The van der Waals surface area contributed by atoms with E-state index in [0.29, 0.717) is 22.2 Å². The molecule has 0 amide bonds. The molecule has 3 aromatic rings. The second-order valence-electron chi connectivity index (χ2n) is 6.71. The maximum Gasteiger partial charge on any atom is 0.241 e. The molecule has 1 aliphatic heterocycles. The minimum Gasteiger partial charge on any atom is -0.507 e. The summed E-state index contributed by atoms with van der Waals surface area (Å²) in [5.41, 5.74) is 1.21. The molecule has 0 radical (unpaired) electrons. The normalized spacial score (nSPS) is 18.2. The van der Waals surface area contributed by atoms with Crippen molar-refractivity contribution in [3.05, 3.63) is 47.5 Å². The standard InChI is InChI=1S/C20H20ClN3O2/c1-24-10-4-5-14(12-24)26-20-16-7-3-2-6-15(16)19(22-23-20)17-9-8-13(21)11-18(17)25/h2-3,6-9,11,14,25H,4-5,10,12H2,1H3/t14-/m1/s1. The zero-order valence-electron chi connectivity index (χ0n) is 14.5. The van der Waals surface area contributed by atoms with Gasteiger partial charge in [-0.1, -0.05) is 29.8 Å². The van der Waals surface area contributed by atoms with Crippen LogP contribution < -0.4 is 4.74 Å². The number of rotatable bonds is 3. The predicted octanol–water partition coefficient (Wildman–Crippen LogP) is 4.13. The smallest absolute Gasteiger partial charge is 0.241 e. The average Bonchev–Trinajstić information content (AvgIpc) is 2.63. The minimum absolute atomic E-state index is 0.0829. The van der Waals surface area contributed by atoms with Crippen molar-refractivity contribution in [1.29, 1.82) is 0 Å². The Balaban J connectivity index is 1.76. The van der Waals surface area contributed by atoms with E-state index in [4.69, 9.17) is 16.3 Å². The lowest BCUT2D eigenvalue weighted by Crippen LogP contribution is -2.38. The maximum atomic E-state index is 10.3. The molecule has 1 saturated heterocycles. The SMILES string of the molecule is CN1CCC[C@@H](Oc2nnc(-c3ccc(Cl)cc3O)c3ccccc23)C1. The van der Waals surface area contributed by atoms with Gasteiger partial charge < -0.3 is 14.7 Å². The molecule has 2 heterocycles. The van der Waals surface area contributed by atoms with Crippen LogP contribution >= 0.6 is 11.6 Å². The Hall–Kier alpha value is -2.37. The van der Waals surface area contributed by atoms with Crippen molar-refractivity contribution in [2.24, 2.45) is 0 Å². The Kier molecular flexibility index (Phi) is 4.66. The quantitative estimate of drug-likeness (QED) is 0.752. The Morgan fingerprint density at radius 2 is 1.96 bits per heavy atom. The number of aromatic nitrogens is 2. The molecule has 1 atom stereocenters. The molecular weight excluding hydrogens is 350 g/mol. The van der Waals surface area contributed by atoms with E-state index in [9.17, 15) is 5.11 Å². The zero-order chi connectivity index (χ0) is 18.1. The molecule has 0 unspecified atom stereocenters. The first-order valence-corrected chi connectivity index (χ1v) is 9.09. The lowest BCUT2D eigenvalue weighted by molar-refractivity contribution is 0.101. The van der Waals surface area contributed by atoms with Gasteiger partial charge in [0.2, 0.25) is 5.88 Å². The van der Waals surface area contributed by atoms with Crippen molar-refractivity contribution >= 4 is 22.4 Å². The molecule has 1 aliphatic rings. The molecule has 6 heteroatoms. The third kappa shape index (κ3) is 3.32. The van der Waals surface area contributed by atoms with Crippen molar-refractivity contribution < 1.29 is 9.84 Å². The molecule has 1 N–H and O–H groups in total. The molecule has 134 valence electrons. The van der Waals surface area contributed by atoms with Gasteiger partial charge in [-0.2, -0.15) is 0 Å². The van der Waals surface area contributed by atoms with E-state index in [1.807, 2.05) is 24.3 Å². The molecule has 26 heavy (non-hydrogen) atoms. The number of likely N-dealkylation sites (tertiary alicyclic amines) is 1. The van der Waals surface area contributed by atoms with Crippen LogP contribution in [-0.2, 0) is 0 Å². The third-order valence-corrected chi connectivity index (χ3v) is 4.96. The second-order valence-corrected chi connectivity index (χ2v) is 7.14. The van der Waals surface area contributed by atoms with Gasteiger partial charge >= 0.3 is 0 Å². The van der Waals surface area contributed by atoms with Crippen LogP contribution in [0.4, 0.5) is 0 Å². The van der Waals surface area contributed by atoms with E-state index in [1.54, 1.807) is 12.1 Å². The number of hydrogen-bond donors (Lipinski definition) is 1. The number of nitrogens with zero attached hydrogens (tertiary/aromatic N) is 3. The Morgan fingerprint density at radius 3 is 2.73 bits per heavy atom. The summed E-state index contributed by atoms with van der Waals surface area (Å²) in [5, 5.41) is 21.2. The lowest BCUT2D eigenvalue weighted by Gasteiger charge is -2.29. The summed E-state index contributed by atoms with van der Waals surface area (Å²) < 4.78 is 6.18. The molecule has 0 saturated carbocycles. The number of halogens is 1. The number of piperidine rings is 1. The first kappa shape index (κ1) is 17.1. The number of aromatic hydroxyl groups is 1. The molecule has 2 aromatic carbocycles. The average molecular weight is 370 g/mol. The lowest BCUT2D eigenvalue weighted by atomic mass is 10.0. The van der Waals surface area contributed by atoms with Gasteiger partial charge in [-0.3, -0.25) is 0 Å². The minimum atomic E-state index is 0.0829. The van der Waals surface area contributed by atoms with Crippen LogP contribution in [0.15, 0.2) is 42.5 Å². The molecular formula is C20H20ClN3O2. The predicted molar refractivity (Wildman–Crippen MR) is 103 cm³/mol. The summed E-state index contributed by atoms with van der Waals surface area (Å²) in [6, 6.07) is 12.8. The van der Waals surface area contributed by atoms with Crippen LogP contribution in [-0.4, -0.2) is 46.4 Å². The number of hydrogen-bond acceptors (Lipinski definition) is 5. The summed E-state index contributed by atoms with van der Waals surface area (Å²) in [7, 11) is 2.10. The van der Waals surface area contributed by atoms with Crippen molar-refractivity contribution in [1.82, 2.24) is 15.1 Å². The number of phenols is 1. The summed E-state index contributed by atoms with van der Waals surface area (Å²) in [5.74, 6) is 0.623. The van der Waals surface area contributed by atoms with Gasteiger partial charge in [-0.05, 0) is 50.7 Å². The number of ether oxygens (including phenoxy) is 1. The van der Waals surface area contributed by atoms with E-state index < -0.39 is 0 Å².